The van der Waals surface area contributed by atoms with Crippen molar-refractivity contribution >= 4 is 12.0 Å². The Labute approximate surface area is 111 Å². The highest BCUT2D eigenvalue weighted by atomic mass is 16.5. The minimum absolute atomic E-state index is 0.00349. The molecule has 2 heterocycles. The SMILES string of the molecule is CC1(CNC(=O)NC2(C(=O)O)CCOC2)CCCO1. The normalized spacial score (nSPS) is 34.2. The van der Waals surface area contributed by atoms with Crippen LogP contribution in [0.3, 0.4) is 0 Å². The van der Waals surface area contributed by atoms with Gasteiger partial charge in [-0.3, -0.25) is 0 Å². The van der Waals surface area contributed by atoms with Crippen LogP contribution in [0.2, 0.25) is 0 Å². The molecule has 0 aliphatic carbocycles. The van der Waals surface area contributed by atoms with E-state index in [0.717, 1.165) is 12.8 Å². The third-order valence-corrected chi connectivity index (χ3v) is 3.71. The fourth-order valence-corrected chi connectivity index (χ4v) is 2.39. The summed E-state index contributed by atoms with van der Waals surface area (Å²) in [7, 11) is 0. The summed E-state index contributed by atoms with van der Waals surface area (Å²) in [5.74, 6) is -1.07. The number of amides is 2. The van der Waals surface area contributed by atoms with Crippen molar-refractivity contribution in [3.8, 4) is 0 Å². The van der Waals surface area contributed by atoms with Crippen molar-refractivity contribution in [3.63, 3.8) is 0 Å². The van der Waals surface area contributed by atoms with Gasteiger partial charge >= 0.3 is 12.0 Å². The molecule has 2 unspecified atom stereocenters. The highest BCUT2D eigenvalue weighted by Crippen LogP contribution is 2.24. The highest BCUT2D eigenvalue weighted by Gasteiger charge is 2.44. The molecule has 2 fully saturated rings. The van der Waals surface area contributed by atoms with E-state index >= 15 is 0 Å². The molecule has 0 aromatic carbocycles. The lowest BCUT2D eigenvalue weighted by molar-refractivity contribution is -0.144. The lowest BCUT2D eigenvalue weighted by atomic mass is 9.99. The molecule has 0 aromatic rings. The number of hydrogen-bond acceptors (Lipinski definition) is 4. The van der Waals surface area contributed by atoms with E-state index in [2.05, 4.69) is 10.6 Å². The minimum Gasteiger partial charge on any atom is -0.479 e. The van der Waals surface area contributed by atoms with Crippen LogP contribution in [0.15, 0.2) is 0 Å². The van der Waals surface area contributed by atoms with Crippen molar-refractivity contribution < 1.29 is 24.2 Å². The van der Waals surface area contributed by atoms with Crippen LogP contribution in [0.25, 0.3) is 0 Å². The van der Waals surface area contributed by atoms with E-state index < -0.39 is 17.5 Å². The van der Waals surface area contributed by atoms with Gasteiger partial charge in [0, 0.05) is 26.2 Å². The van der Waals surface area contributed by atoms with Crippen LogP contribution in [0.4, 0.5) is 4.79 Å². The Bertz CT molecular complexity index is 359. The number of hydrogen-bond donors (Lipinski definition) is 3. The molecule has 2 aliphatic heterocycles. The number of carbonyl (C=O) groups excluding carboxylic acids is 1. The van der Waals surface area contributed by atoms with Crippen molar-refractivity contribution in [2.24, 2.45) is 0 Å². The summed E-state index contributed by atoms with van der Waals surface area (Å²) in [5, 5.41) is 14.4. The van der Waals surface area contributed by atoms with E-state index in [-0.39, 0.29) is 18.6 Å². The summed E-state index contributed by atoms with van der Waals surface area (Å²) in [5.41, 5.74) is -1.65. The van der Waals surface area contributed by atoms with E-state index in [1.807, 2.05) is 6.92 Å². The fraction of sp³-hybridized carbons (Fsp3) is 0.833. The first-order valence-electron chi connectivity index (χ1n) is 6.47. The Hall–Kier alpha value is -1.34. The average Bonchev–Trinajstić information content (AvgIpc) is 2.98. The molecule has 0 saturated carbocycles. The van der Waals surface area contributed by atoms with Crippen molar-refractivity contribution in [3.05, 3.63) is 0 Å². The molecule has 2 amide bonds. The van der Waals surface area contributed by atoms with E-state index in [1.54, 1.807) is 0 Å². The quantitative estimate of drug-likeness (QED) is 0.674. The van der Waals surface area contributed by atoms with Gasteiger partial charge in [-0.1, -0.05) is 0 Å². The van der Waals surface area contributed by atoms with Crippen LogP contribution in [0.1, 0.15) is 26.2 Å². The molecule has 3 N–H and O–H groups in total. The standard InChI is InChI=1S/C12H20N2O5/c1-11(3-2-5-19-11)7-13-10(17)14-12(9(15)16)4-6-18-8-12/h2-8H2,1H3,(H,15,16)(H2,13,14,17). The van der Waals surface area contributed by atoms with Gasteiger partial charge in [-0.05, 0) is 19.8 Å². The summed E-state index contributed by atoms with van der Waals surface area (Å²) in [6, 6.07) is -0.496. The lowest BCUT2D eigenvalue weighted by Gasteiger charge is -2.27. The van der Waals surface area contributed by atoms with Gasteiger partial charge in [0.05, 0.1) is 12.2 Å². The first kappa shape index (κ1) is 14.1. The number of rotatable bonds is 4. The molecule has 7 nitrogen and oxygen atoms in total. The van der Waals surface area contributed by atoms with Crippen molar-refractivity contribution in [2.75, 3.05) is 26.4 Å². The molecule has 0 bridgehead atoms. The summed E-state index contributed by atoms with van der Waals surface area (Å²) >= 11 is 0. The van der Waals surface area contributed by atoms with Gasteiger partial charge in [-0.2, -0.15) is 0 Å². The zero-order valence-corrected chi connectivity index (χ0v) is 11.0. The van der Waals surface area contributed by atoms with Crippen LogP contribution in [-0.2, 0) is 14.3 Å². The van der Waals surface area contributed by atoms with Crippen LogP contribution in [0.5, 0.6) is 0 Å². The molecule has 0 radical (unpaired) electrons. The van der Waals surface area contributed by atoms with Crippen LogP contribution < -0.4 is 10.6 Å². The zero-order chi connectivity index (χ0) is 13.9. The third-order valence-electron chi connectivity index (χ3n) is 3.71. The molecule has 0 spiro atoms. The van der Waals surface area contributed by atoms with Gasteiger partial charge in [0.1, 0.15) is 0 Å². The van der Waals surface area contributed by atoms with Gasteiger partial charge in [-0.25, -0.2) is 9.59 Å². The molecule has 2 saturated heterocycles. The Balaban J connectivity index is 1.85. The molecular weight excluding hydrogens is 252 g/mol. The molecule has 0 aromatic heterocycles. The predicted octanol–water partition coefficient (Wildman–Crippen LogP) is 0.0984. The van der Waals surface area contributed by atoms with Crippen molar-refractivity contribution in [1.82, 2.24) is 10.6 Å². The highest BCUT2D eigenvalue weighted by molar-refractivity contribution is 5.86. The number of carbonyl (C=O) groups is 2. The van der Waals surface area contributed by atoms with E-state index in [1.165, 1.54) is 0 Å². The molecule has 19 heavy (non-hydrogen) atoms. The number of carboxylic acid groups (broad SMARTS) is 1. The fourth-order valence-electron chi connectivity index (χ4n) is 2.39. The second-order valence-corrected chi connectivity index (χ2v) is 5.40. The van der Waals surface area contributed by atoms with Crippen LogP contribution in [-0.4, -0.2) is 54.6 Å². The van der Waals surface area contributed by atoms with Crippen LogP contribution in [0, 0.1) is 0 Å². The number of nitrogens with one attached hydrogen (secondary N) is 2. The second-order valence-electron chi connectivity index (χ2n) is 5.40. The summed E-state index contributed by atoms with van der Waals surface area (Å²) in [4.78, 5) is 23.0. The third kappa shape index (κ3) is 3.16. The maximum absolute atomic E-state index is 11.8. The summed E-state index contributed by atoms with van der Waals surface area (Å²) in [6.45, 7) is 3.35. The van der Waals surface area contributed by atoms with Gasteiger partial charge < -0.3 is 25.2 Å². The zero-order valence-electron chi connectivity index (χ0n) is 11.0. The smallest absolute Gasteiger partial charge is 0.332 e. The monoisotopic (exact) mass is 272 g/mol. The van der Waals surface area contributed by atoms with Crippen molar-refractivity contribution in [1.29, 1.82) is 0 Å². The van der Waals surface area contributed by atoms with Crippen LogP contribution >= 0.6 is 0 Å². The number of aliphatic carboxylic acids is 1. The minimum atomic E-state index is -1.30. The lowest BCUT2D eigenvalue weighted by Crippen LogP contribution is -2.58. The number of ether oxygens (including phenoxy) is 2. The van der Waals surface area contributed by atoms with E-state index in [9.17, 15) is 14.7 Å². The van der Waals surface area contributed by atoms with Gasteiger partial charge in [-0.15, -0.1) is 0 Å². The molecule has 2 aliphatic rings. The molecule has 108 valence electrons. The first-order valence-corrected chi connectivity index (χ1v) is 6.47. The maximum atomic E-state index is 11.8. The molecular formula is C12H20N2O5. The molecule has 2 rings (SSSR count). The average molecular weight is 272 g/mol. The van der Waals surface area contributed by atoms with E-state index in [4.69, 9.17) is 9.47 Å². The summed E-state index contributed by atoms with van der Waals surface area (Å²) < 4.78 is 10.6. The Morgan fingerprint density at radius 3 is 2.63 bits per heavy atom. The first-order chi connectivity index (χ1) is 8.96. The Kier molecular flexibility index (Phi) is 3.96. The van der Waals surface area contributed by atoms with E-state index in [0.29, 0.717) is 19.8 Å². The number of urea groups is 1. The molecule has 2 atom stereocenters. The van der Waals surface area contributed by atoms with Gasteiger partial charge in [0.25, 0.3) is 0 Å². The predicted molar refractivity (Wildman–Crippen MR) is 65.9 cm³/mol. The molecule has 7 heteroatoms. The largest absolute Gasteiger partial charge is 0.479 e. The Morgan fingerprint density at radius 1 is 1.32 bits per heavy atom. The van der Waals surface area contributed by atoms with Crippen molar-refractivity contribution in [2.45, 2.75) is 37.3 Å². The second kappa shape index (κ2) is 5.34. The van der Waals surface area contributed by atoms with Gasteiger partial charge in [0.15, 0.2) is 5.54 Å². The number of carboxylic acids is 1. The summed E-state index contributed by atoms with van der Waals surface area (Å²) in [6.07, 6.45) is 2.15. The Morgan fingerprint density at radius 2 is 2.11 bits per heavy atom. The van der Waals surface area contributed by atoms with Gasteiger partial charge in [0.2, 0.25) is 0 Å². The topological polar surface area (TPSA) is 96.9 Å². The maximum Gasteiger partial charge on any atom is 0.332 e.